The molecule has 1 N–H and O–H groups in total. The number of pyridine rings is 1. The highest BCUT2D eigenvalue weighted by molar-refractivity contribution is 5.87. The lowest BCUT2D eigenvalue weighted by molar-refractivity contribution is 0.0548. The van der Waals surface area contributed by atoms with E-state index in [1.54, 1.807) is 4.90 Å². The number of rotatable bonds is 3. The van der Waals surface area contributed by atoms with Crippen molar-refractivity contribution in [2.75, 3.05) is 11.4 Å². The number of aromatic nitrogens is 1. The minimum absolute atomic E-state index is 0.214. The van der Waals surface area contributed by atoms with Gasteiger partial charge in [-0.25, -0.2) is 9.78 Å². The van der Waals surface area contributed by atoms with E-state index < -0.39 is 5.60 Å². The molecule has 0 bridgehead atoms. The van der Waals surface area contributed by atoms with Crippen LogP contribution in [0, 0.1) is 0 Å². The molecule has 132 valence electrons. The van der Waals surface area contributed by atoms with Gasteiger partial charge in [0, 0.05) is 18.3 Å². The van der Waals surface area contributed by atoms with E-state index in [0.29, 0.717) is 11.9 Å². The maximum atomic E-state index is 12.6. The van der Waals surface area contributed by atoms with Crippen molar-refractivity contribution in [1.82, 2.24) is 10.3 Å². The number of hydrogen-bond acceptors (Lipinski definition) is 4. The third kappa shape index (κ3) is 4.07. The summed E-state index contributed by atoms with van der Waals surface area (Å²) in [6, 6.07) is 4.67. The van der Waals surface area contributed by atoms with Crippen LogP contribution in [-0.4, -0.2) is 29.3 Å². The van der Waals surface area contributed by atoms with E-state index in [0.717, 1.165) is 32.2 Å². The zero-order valence-electron chi connectivity index (χ0n) is 15.0. The summed E-state index contributed by atoms with van der Waals surface area (Å²) in [5.41, 5.74) is 0.710. The molecule has 3 rings (SSSR count). The van der Waals surface area contributed by atoms with Gasteiger partial charge in [-0.05, 0) is 71.0 Å². The lowest BCUT2D eigenvalue weighted by atomic mass is 9.91. The van der Waals surface area contributed by atoms with Gasteiger partial charge in [-0.1, -0.05) is 12.5 Å². The summed E-state index contributed by atoms with van der Waals surface area (Å²) in [6.07, 6.45) is 8.48. The van der Waals surface area contributed by atoms with Gasteiger partial charge in [0.2, 0.25) is 0 Å². The zero-order valence-corrected chi connectivity index (χ0v) is 15.0. The first kappa shape index (κ1) is 17.2. The molecular weight excluding hydrogens is 302 g/mol. The van der Waals surface area contributed by atoms with Crippen molar-refractivity contribution in [2.24, 2.45) is 0 Å². The van der Waals surface area contributed by atoms with E-state index in [9.17, 15) is 4.79 Å². The van der Waals surface area contributed by atoms with Gasteiger partial charge in [-0.15, -0.1) is 0 Å². The van der Waals surface area contributed by atoms with E-state index in [1.807, 2.05) is 33.0 Å². The normalized spacial score (nSPS) is 21.9. The molecule has 0 aromatic carbocycles. The number of carbonyl (C=O) groups excluding carboxylic acids is 1. The Balaban J connectivity index is 1.76. The molecule has 1 aliphatic carbocycles. The fourth-order valence-corrected chi connectivity index (χ4v) is 3.27. The van der Waals surface area contributed by atoms with Gasteiger partial charge >= 0.3 is 6.09 Å². The largest absolute Gasteiger partial charge is 0.443 e. The molecule has 2 heterocycles. The average Bonchev–Trinajstić information content (AvgIpc) is 2.50. The summed E-state index contributed by atoms with van der Waals surface area (Å²) >= 11 is 0. The molecule has 1 atom stereocenters. The highest BCUT2D eigenvalue weighted by Gasteiger charge is 2.34. The second kappa shape index (κ2) is 7.09. The number of anilines is 1. The Morgan fingerprint density at radius 1 is 1.21 bits per heavy atom. The van der Waals surface area contributed by atoms with Gasteiger partial charge < -0.3 is 10.1 Å². The molecule has 2 fully saturated rings. The van der Waals surface area contributed by atoms with Gasteiger partial charge in [-0.3, -0.25) is 4.90 Å². The van der Waals surface area contributed by atoms with Crippen molar-refractivity contribution in [2.45, 2.75) is 77.0 Å². The molecule has 1 amide bonds. The number of piperidine rings is 1. The predicted octanol–water partition coefficient (Wildman–Crippen LogP) is 4.19. The van der Waals surface area contributed by atoms with Gasteiger partial charge in [0.05, 0.1) is 0 Å². The second-order valence-electron chi connectivity index (χ2n) is 7.89. The second-order valence-corrected chi connectivity index (χ2v) is 7.89. The Morgan fingerprint density at radius 2 is 2.00 bits per heavy atom. The monoisotopic (exact) mass is 331 g/mol. The van der Waals surface area contributed by atoms with Crippen LogP contribution in [0.2, 0.25) is 0 Å². The lowest BCUT2D eigenvalue weighted by Gasteiger charge is -2.37. The topological polar surface area (TPSA) is 54.5 Å². The van der Waals surface area contributed by atoms with Crippen LogP contribution in [0.5, 0.6) is 0 Å². The van der Waals surface area contributed by atoms with Gasteiger partial charge in [0.1, 0.15) is 11.4 Å². The van der Waals surface area contributed by atoms with E-state index in [4.69, 9.17) is 4.74 Å². The number of nitrogens with zero attached hydrogens (tertiary/aromatic N) is 2. The Bertz CT molecular complexity index is 555. The lowest BCUT2D eigenvalue weighted by Crippen LogP contribution is -2.47. The first-order valence-corrected chi connectivity index (χ1v) is 9.15. The summed E-state index contributed by atoms with van der Waals surface area (Å²) in [4.78, 5) is 19.0. The number of carbonyl (C=O) groups is 1. The van der Waals surface area contributed by atoms with Crippen LogP contribution in [-0.2, 0) is 4.74 Å². The zero-order chi connectivity index (χ0) is 17.2. The molecule has 1 aromatic rings. The highest BCUT2D eigenvalue weighted by atomic mass is 16.6. The van der Waals surface area contributed by atoms with Crippen LogP contribution >= 0.6 is 0 Å². The smallest absolute Gasteiger partial charge is 0.416 e. The van der Waals surface area contributed by atoms with E-state index in [1.165, 1.54) is 18.4 Å². The van der Waals surface area contributed by atoms with Crippen molar-refractivity contribution < 1.29 is 9.53 Å². The maximum Gasteiger partial charge on any atom is 0.416 e. The fourth-order valence-electron chi connectivity index (χ4n) is 3.27. The van der Waals surface area contributed by atoms with Crippen LogP contribution in [0.4, 0.5) is 10.6 Å². The molecule has 2 aliphatic rings. The highest BCUT2D eigenvalue weighted by Crippen LogP contribution is 2.31. The van der Waals surface area contributed by atoms with Gasteiger partial charge in [0.15, 0.2) is 0 Å². The minimum Gasteiger partial charge on any atom is -0.443 e. The Hall–Kier alpha value is -1.62. The SMILES string of the molecule is CC(C)(C)OC(=O)N(c1ccc(C2CCCCN2)cn1)C1CCC1. The molecule has 24 heavy (non-hydrogen) atoms. The number of amides is 1. The molecule has 0 radical (unpaired) electrons. The molecule has 0 spiro atoms. The first-order valence-electron chi connectivity index (χ1n) is 9.15. The number of nitrogens with one attached hydrogen (secondary N) is 1. The molecule has 1 aromatic heterocycles. The van der Waals surface area contributed by atoms with Crippen LogP contribution < -0.4 is 10.2 Å². The summed E-state index contributed by atoms with van der Waals surface area (Å²) in [5.74, 6) is 0.702. The van der Waals surface area contributed by atoms with Crippen LogP contribution in [0.1, 0.15) is 70.9 Å². The number of hydrogen-bond donors (Lipinski definition) is 1. The molecule has 5 nitrogen and oxygen atoms in total. The van der Waals surface area contributed by atoms with Crippen LogP contribution in [0.3, 0.4) is 0 Å². The average molecular weight is 331 g/mol. The van der Waals surface area contributed by atoms with Gasteiger partial charge in [0.25, 0.3) is 0 Å². The van der Waals surface area contributed by atoms with Crippen molar-refractivity contribution in [3.63, 3.8) is 0 Å². The summed E-state index contributed by atoms with van der Waals surface area (Å²) in [5, 5.41) is 3.54. The molecule has 1 unspecified atom stereocenters. The third-order valence-corrected chi connectivity index (χ3v) is 4.76. The summed E-state index contributed by atoms with van der Waals surface area (Å²) in [6.45, 7) is 6.76. The van der Waals surface area contributed by atoms with Gasteiger partial charge in [-0.2, -0.15) is 0 Å². The standard InChI is InChI=1S/C19H29N3O2/c1-19(2,3)24-18(23)22(15-7-6-8-15)17-11-10-14(13-21-17)16-9-4-5-12-20-16/h10-11,13,15-16,20H,4-9,12H2,1-3H3. The van der Waals surface area contributed by atoms with Crippen molar-refractivity contribution in [3.8, 4) is 0 Å². The Kier molecular flexibility index (Phi) is 5.09. The van der Waals surface area contributed by atoms with Crippen LogP contribution in [0.15, 0.2) is 18.3 Å². The molecule has 1 saturated carbocycles. The maximum absolute atomic E-state index is 12.6. The number of ether oxygens (including phenoxy) is 1. The predicted molar refractivity (Wildman–Crippen MR) is 95.2 cm³/mol. The third-order valence-electron chi connectivity index (χ3n) is 4.76. The molecule has 1 aliphatic heterocycles. The molecule has 1 saturated heterocycles. The van der Waals surface area contributed by atoms with Crippen molar-refractivity contribution >= 4 is 11.9 Å². The Morgan fingerprint density at radius 3 is 2.50 bits per heavy atom. The van der Waals surface area contributed by atoms with Crippen LogP contribution in [0.25, 0.3) is 0 Å². The molecular formula is C19H29N3O2. The van der Waals surface area contributed by atoms with E-state index in [-0.39, 0.29) is 12.1 Å². The van der Waals surface area contributed by atoms with Crippen molar-refractivity contribution in [1.29, 1.82) is 0 Å². The quantitative estimate of drug-likeness (QED) is 0.902. The Labute approximate surface area is 144 Å². The molecule has 5 heteroatoms. The van der Waals surface area contributed by atoms with E-state index in [2.05, 4.69) is 16.4 Å². The summed E-state index contributed by atoms with van der Waals surface area (Å²) < 4.78 is 5.59. The van der Waals surface area contributed by atoms with Crippen molar-refractivity contribution in [3.05, 3.63) is 23.9 Å². The van der Waals surface area contributed by atoms with E-state index >= 15 is 0 Å². The first-order chi connectivity index (χ1) is 11.4. The summed E-state index contributed by atoms with van der Waals surface area (Å²) in [7, 11) is 0. The fraction of sp³-hybridized carbons (Fsp3) is 0.684. The minimum atomic E-state index is -0.495.